The third-order valence-corrected chi connectivity index (χ3v) is 4.24. The van der Waals surface area contributed by atoms with Crippen LogP contribution in [0, 0.1) is 0 Å². The zero-order valence-corrected chi connectivity index (χ0v) is 16.2. The summed E-state index contributed by atoms with van der Waals surface area (Å²) in [4.78, 5) is 18.3. The maximum Gasteiger partial charge on any atom is 0.224 e. The zero-order chi connectivity index (χ0) is 17.9. The summed E-state index contributed by atoms with van der Waals surface area (Å²) >= 11 is 8.64. The summed E-state index contributed by atoms with van der Waals surface area (Å²) in [7, 11) is 2.08. The highest BCUT2D eigenvalue weighted by atomic mass is 32.1. The van der Waals surface area contributed by atoms with E-state index in [-0.39, 0.29) is 5.91 Å². The molecule has 0 spiro atoms. The highest BCUT2D eigenvalue weighted by molar-refractivity contribution is 7.80. The Bertz CT molecular complexity index is 505. The van der Waals surface area contributed by atoms with Crippen molar-refractivity contribution in [1.82, 2.24) is 14.7 Å². The largest absolute Gasteiger partial charge is 0.376 e. The highest BCUT2D eigenvalue weighted by Crippen LogP contribution is 2.07. The Morgan fingerprint density at radius 1 is 1.21 bits per heavy atom. The van der Waals surface area contributed by atoms with Gasteiger partial charge in [-0.1, -0.05) is 30.3 Å². The minimum absolute atomic E-state index is 0.183. The Balaban J connectivity index is 0.00000139. The highest BCUT2D eigenvalue weighted by Gasteiger charge is 2.19. The Labute approximate surface area is 156 Å². The van der Waals surface area contributed by atoms with Gasteiger partial charge in [-0.15, -0.1) is 0 Å². The summed E-state index contributed by atoms with van der Waals surface area (Å²) in [6.45, 7) is 4.70. The van der Waals surface area contributed by atoms with Gasteiger partial charge < -0.3 is 20.4 Å². The molecule has 1 heterocycles. The molecule has 0 aromatic heterocycles. The lowest BCUT2D eigenvalue weighted by Crippen LogP contribution is -2.48. The monoisotopic (exact) mass is 368 g/mol. The molecule has 1 aromatic rings. The second-order valence-electron chi connectivity index (χ2n) is 5.68. The number of thiocarbonyl (C=S) groups is 1. The Morgan fingerprint density at radius 3 is 2.33 bits per heavy atom. The third kappa shape index (κ3) is 7.07. The minimum Gasteiger partial charge on any atom is -0.376 e. The number of amides is 1. The molecule has 0 unspecified atom stereocenters. The first-order valence-electron chi connectivity index (χ1n) is 8.05. The fourth-order valence-electron chi connectivity index (χ4n) is 2.52. The average Bonchev–Trinajstić information content (AvgIpc) is 2.61. The van der Waals surface area contributed by atoms with Gasteiger partial charge in [-0.05, 0) is 31.1 Å². The van der Waals surface area contributed by atoms with Gasteiger partial charge in [-0.2, -0.15) is 12.6 Å². The van der Waals surface area contributed by atoms with Crippen molar-refractivity contribution in [3.8, 4) is 0 Å². The molecule has 1 aliphatic heterocycles. The number of nitrogens with zero attached hydrogens (tertiary/aromatic N) is 3. The Kier molecular flexibility index (Phi) is 9.75. The van der Waals surface area contributed by atoms with E-state index in [0.29, 0.717) is 24.6 Å². The number of hydrogen-bond acceptors (Lipinski definition) is 4. The number of carbonyl (C=O) groups is 1. The summed E-state index contributed by atoms with van der Waals surface area (Å²) in [5, 5.41) is 0.343. The van der Waals surface area contributed by atoms with Crippen LogP contribution >= 0.6 is 24.8 Å². The molecular weight excluding hydrogens is 340 g/mol. The fourth-order valence-corrected chi connectivity index (χ4v) is 2.67. The molecule has 5 nitrogen and oxygen atoms in total. The number of carbonyl (C=O) groups excluding carboxylic acids is 1. The number of piperazine rings is 1. The van der Waals surface area contributed by atoms with Crippen LogP contribution in [-0.2, 0) is 11.3 Å². The van der Waals surface area contributed by atoms with Crippen LogP contribution in [0.2, 0.25) is 0 Å². The molecule has 2 rings (SSSR count). The van der Waals surface area contributed by atoms with Gasteiger partial charge in [0.05, 0.1) is 0 Å². The first-order valence-corrected chi connectivity index (χ1v) is 9.36. The van der Waals surface area contributed by atoms with Gasteiger partial charge in [0, 0.05) is 45.7 Å². The first-order chi connectivity index (χ1) is 11.6. The van der Waals surface area contributed by atoms with Gasteiger partial charge in [-0.3, -0.25) is 4.79 Å². The maximum absolute atomic E-state index is 12.3. The molecule has 0 bridgehead atoms. The van der Waals surface area contributed by atoms with Crippen molar-refractivity contribution in [3.63, 3.8) is 0 Å². The molecule has 0 radical (unpaired) electrons. The van der Waals surface area contributed by atoms with Crippen LogP contribution in [0.5, 0.6) is 0 Å². The first kappa shape index (κ1) is 20.7. The van der Waals surface area contributed by atoms with E-state index in [1.807, 2.05) is 40.1 Å². The van der Waals surface area contributed by atoms with E-state index in [2.05, 4.69) is 24.6 Å². The zero-order valence-electron chi connectivity index (χ0n) is 14.5. The van der Waals surface area contributed by atoms with E-state index in [1.165, 1.54) is 0 Å². The molecule has 0 saturated carbocycles. The number of benzene rings is 1. The van der Waals surface area contributed by atoms with E-state index in [9.17, 15) is 4.79 Å². The molecule has 1 saturated heterocycles. The molecular formula is C17H28N4OS2. The van der Waals surface area contributed by atoms with Gasteiger partial charge in [0.2, 0.25) is 5.91 Å². The number of thiol groups is 1. The van der Waals surface area contributed by atoms with Gasteiger partial charge in [0.1, 0.15) is 0 Å². The Hall–Kier alpha value is -1.31. The van der Waals surface area contributed by atoms with Crippen LogP contribution in [-0.4, -0.2) is 71.7 Å². The lowest BCUT2D eigenvalue weighted by Gasteiger charge is -2.33. The molecule has 7 heteroatoms. The Morgan fingerprint density at radius 2 is 1.79 bits per heavy atom. The van der Waals surface area contributed by atoms with E-state index in [4.69, 9.17) is 18.0 Å². The van der Waals surface area contributed by atoms with Crippen LogP contribution in [0.25, 0.3) is 0 Å². The SMILES string of the molecule is CN1CCN(C(=O)CCN(Cc2ccccc2)C(N)=S)CC1.CS. The lowest BCUT2D eigenvalue weighted by atomic mass is 10.2. The molecule has 0 atom stereocenters. The van der Waals surface area contributed by atoms with Crippen molar-refractivity contribution >= 4 is 35.9 Å². The predicted octanol–water partition coefficient (Wildman–Crippen LogP) is 1.44. The summed E-state index contributed by atoms with van der Waals surface area (Å²) in [6.07, 6.45) is 2.15. The van der Waals surface area contributed by atoms with E-state index in [1.54, 1.807) is 6.26 Å². The number of likely N-dealkylation sites (N-methyl/N-ethyl adjacent to an activating group) is 1. The van der Waals surface area contributed by atoms with Crippen molar-refractivity contribution in [2.45, 2.75) is 13.0 Å². The summed E-state index contributed by atoms with van der Waals surface area (Å²) in [6, 6.07) is 10.0. The van der Waals surface area contributed by atoms with Gasteiger partial charge in [-0.25, -0.2) is 0 Å². The molecule has 1 aliphatic rings. The van der Waals surface area contributed by atoms with Crippen LogP contribution in [0.3, 0.4) is 0 Å². The molecule has 134 valence electrons. The van der Waals surface area contributed by atoms with Crippen LogP contribution < -0.4 is 5.73 Å². The van der Waals surface area contributed by atoms with Crippen LogP contribution in [0.15, 0.2) is 30.3 Å². The predicted molar refractivity (Wildman–Crippen MR) is 107 cm³/mol. The molecule has 0 aliphatic carbocycles. The smallest absolute Gasteiger partial charge is 0.224 e. The quantitative estimate of drug-likeness (QED) is 0.608. The van der Waals surface area contributed by atoms with Crippen molar-refractivity contribution in [3.05, 3.63) is 35.9 Å². The van der Waals surface area contributed by atoms with E-state index in [0.717, 1.165) is 31.7 Å². The second kappa shape index (κ2) is 11.3. The summed E-state index contributed by atoms with van der Waals surface area (Å²) in [5.41, 5.74) is 6.93. The van der Waals surface area contributed by atoms with Crippen molar-refractivity contribution in [2.75, 3.05) is 46.0 Å². The maximum atomic E-state index is 12.3. The summed E-state index contributed by atoms with van der Waals surface area (Å²) < 4.78 is 0. The topological polar surface area (TPSA) is 52.8 Å². The third-order valence-electron chi connectivity index (χ3n) is 3.98. The molecule has 1 aromatic carbocycles. The van der Waals surface area contributed by atoms with Gasteiger partial charge >= 0.3 is 0 Å². The number of hydrogen-bond donors (Lipinski definition) is 2. The molecule has 2 N–H and O–H groups in total. The van der Waals surface area contributed by atoms with Crippen molar-refractivity contribution in [1.29, 1.82) is 0 Å². The minimum atomic E-state index is 0.183. The normalized spacial score (nSPS) is 14.5. The number of nitrogens with two attached hydrogens (primary N) is 1. The standard InChI is InChI=1S/C16H24N4OS.CH4S/c1-18-9-11-19(12-10-18)15(21)7-8-20(16(17)22)13-14-5-3-2-4-6-14;1-2/h2-6H,7-13H2,1H3,(H2,17,22);2H,1H3. The summed E-state index contributed by atoms with van der Waals surface area (Å²) in [5.74, 6) is 0.183. The van der Waals surface area contributed by atoms with Crippen LogP contribution in [0.4, 0.5) is 0 Å². The van der Waals surface area contributed by atoms with Crippen molar-refractivity contribution < 1.29 is 4.79 Å². The molecule has 1 fully saturated rings. The van der Waals surface area contributed by atoms with E-state index >= 15 is 0 Å². The fraction of sp³-hybridized carbons (Fsp3) is 0.529. The van der Waals surface area contributed by atoms with Gasteiger partial charge in [0.15, 0.2) is 5.11 Å². The van der Waals surface area contributed by atoms with Gasteiger partial charge in [0.25, 0.3) is 0 Å². The molecule has 1 amide bonds. The van der Waals surface area contributed by atoms with Crippen LogP contribution in [0.1, 0.15) is 12.0 Å². The second-order valence-corrected chi connectivity index (χ2v) is 6.10. The molecule has 24 heavy (non-hydrogen) atoms. The van der Waals surface area contributed by atoms with E-state index < -0.39 is 0 Å². The average molecular weight is 369 g/mol. The lowest BCUT2D eigenvalue weighted by molar-refractivity contribution is -0.132. The number of rotatable bonds is 5. The van der Waals surface area contributed by atoms with Crippen molar-refractivity contribution in [2.24, 2.45) is 5.73 Å².